The number of amides is 1. The van der Waals surface area contributed by atoms with Crippen molar-refractivity contribution < 1.29 is 18.0 Å². The number of aromatic nitrogens is 4. The first kappa shape index (κ1) is 28.8. The Labute approximate surface area is 239 Å². The zero-order chi connectivity index (χ0) is 29.6. The molecular weight excluding hydrogens is 547 g/mol. The fourth-order valence-electron chi connectivity index (χ4n) is 4.69. The molecule has 0 unspecified atom stereocenters. The largest absolute Gasteiger partial charge is 0.363 e. The molecular formula is C30H28F3N7O2. The van der Waals surface area contributed by atoms with E-state index in [0.717, 1.165) is 36.0 Å². The molecule has 2 atom stereocenters. The first-order chi connectivity index (χ1) is 20.3. The number of piperidine rings is 1. The summed E-state index contributed by atoms with van der Waals surface area (Å²) in [5.74, 6) is 3.58. The van der Waals surface area contributed by atoms with Gasteiger partial charge in [0.25, 0.3) is 11.5 Å². The highest BCUT2D eigenvalue weighted by Crippen LogP contribution is 2.20. The summed E-state index contributed by atoms with van der Waals surface area (Å²) in [6.07, 6.45) is 3.62. The molecule has 1 aliphatic rings. The van der Waals surface area contributed by atoms with Crippen LogP contribution in [0.25, 0.3) is 11.0 Å². The molecule has 1 aliphatic heterocycles. The molecule has 5 rings (SSSR count). The van der Waals surface area contributed by atoms with Crippen LogP contribution in [0, 0.1) is 23.5 Å². The quantitative estimate of drug-likeness (QED) is 0.327. The Morgan fingerprint density at radius 1 is 1.12 bits per heavy atom. The Hall–Kier alpha value is -4.76. The van der Waals surface area contributed by atoms with Gasteiger partial charge in [-0.05, 0) is 48.9 Å². The average molecular weight is 576 g/mol. The average Bonchev–Trinajstić information content (AvgIpc) is 2.99. The minimum Gasteiger partial charge on any atom is -0.363 e. The SMILES string of the molecule is CCN1CC[C@H](Nc2cnc3ccc(C#CCNC(=O)c4cncn(Cc5ccc(F)c(F)c5)c4=O)cc3n2)[C@H](F)C1. The lowest BCUT2D eigenvalue weighted by Gasteiger charge is -2.34. The van der Waals surface area contributed by atoms with Crippen molar-refractivity contribution in [1.82, 2.24) is 29.7 Å². The molecule has 0 aliphatic carbocycles. The Balaban J connectivity index is 1.21. The molecule has 12 heteroatoms. The topological polar surface area (TPSA) is 105 Å². The number of anilines is 1. The number of likely N-dealkylation sites (tertiary alicyclic amines) is 1. The Morgan fingerprint density at radius 2 is 1.98 bits per heavy atom. The van der Waals surface area contributed by atoms with Crippen molar-refractivity contribution in [1.29, 1.82) is 0 Å². The molecule has 42 heavy (non-hydrogen) atoms. The molecule has 216 valence electrons. The third-order valence-corrected chi connectivity index (χ3v) is 7.00. The summed E-state index contributed by atoms with van der Waals surface area (Å²) >= 11 is 0. The predicted octanol–water partition coefficient (Wildman–Crippen LogP) is 3.14. The van der Waals surface area contributed by atoms with Crippen LogP contribution >= 0.6 is 0 Å². The molecule has 0 radical (unpaired) electrons. The number of nitrogens with one attached hydrogen (secondary N) is 2. The van der Waals surface area contributed by atoms with Crippen LogP contribution in [0.1, 0.15) is 34.8 Å². The molecule has 9 nitrogen and oxygen atoms in total. The highest BCUT2D eigenvalue weighted by Gasteiger charge is 2.28. The molecule has 2 aromatic heterocycles. The molecule has 0 spiro atoms. The zero-order valence-electron chi connectivity index (χ0n) is 22.8. The van der Waals surface area contributed by atoms with E-state index in [-0.39, 0.29) is 24.7 Å². The summed E-state index contributed by atoms with van der Waals surface area (Å²) in [5.41, 5.74) is 1.39. The third kappa shape index (κ3) is 6.75. The zero-order valence-corrected chi connectivity index (χ0v) is 22.8. The van der Waals surface area contributed by atoms with Gasteiger partial charge in [0.15, 0.2) is 11.6 Å². The fourth-order valence-corrected chi connectivity index (χ4v) is 4.69. The summed E-state index contributed by atoms with van der Waals surface area (Å²) < 4.78 is 42.4. The van der Waals surface area contributed by atoms with Gasteiger partial charge in [0, 0.05) is 24.8 Å². The van der Waals surface area contributed by atoms with E-state index in [1.54, 1.807) is 24.4 Å². The number of hydrogen-bond donors (Lipinski definition) is 2. The van der Waals surface area contributed by atoms with E-state index in [2.05, 4.69) is 42.3 Å². The van der Waals surface area contributed by atoms with Crippen molar-refractivity contribution in [2.75, 3.05) is 31.5 Å². The highest BCUT2D eigenvalue weighted by molar-refractivity contribution is 5.93. The monoisotopic (exact) mass is 575 g/mol. The van der Waals surface area contributed by atoms with Crippen molar-refractivity contribution in [3.63, 3.8) is 0 Å². The Bertz CT molecular complexity index is 1730. The van der Waals surface area contributed by atoms with Crippen LogP contribution in [0.2, 0.25) is 0 Å². The fraction of sp³-hybridized carbons (Fsp3) is 0.300. The first-order valence-corrected chi connectivity index (χ1v) is 13.5. The third-order valence-electron chi connectivity index (χ3n) is 7.00. The summed E-state index contributed by atoms with van der Waals surface area (Å²) in [5, 5.41) is 5.74. The van der Waals surface area contributed by atoms with Crippen LogP contribution in [0.4, 0.5) is 19.0 Å². The van der Waals surface area contributed by atoms with Gasteiger partial charge >= 0.3 is 0 Å². The second kappa shape index (κ2) is 12.8. The predicted molar refractivity (Wildman–Crippen MR) is 152 cm³/mol. The maximum absolute atomic E-state index is 14.6. The maximum Gasteiger partial charge on any atom is 0.266 e. The lowest BCUT2D eigenvalue weighted by molar-refractivity contribution is 0.0956. The van der Waals surface area contributed by atoms with Crippen molar-refractivity contribution in [3.8, 4) is 11.8 Å². The van der Waals surface area contributed by atoms with Gasteiger partial charge in [0.2, 0.25) is 0 Å². The number of nitrogens with zero attached hydrogens (tertiary/aromatic N) is 5. The van der Waals surface area contributed by atoms with Crippen molar-refractivity contribution >= 4 is 22.8 Å². The molecule has 0 bridgehead atoms. The normalized spacial score (nSPS) is 17.0. The number of fused-ring (bicyclic) bond motifs is 1. The number of carbonyl (C=O) groups excluding carboxylic acids is 1. The van der Waals surface area contributed by atoms with Crippen LogP contribution in [0.15, 0.2) is 59.9 Å². The summed E-state index contributed by atoms with van der Waals surface area (Å²) in [6, 6.07) is 8.27. The number of carbonyl (C=O) groups is 1. The van der Waals surface area contributed by atoms with Gasteiger partial charge in [-0.1, -0.05) is 24.8 Å². The van der Waals surface area contributed by atoms with Gasteiger partial charge < -0.3 is 15.5 Å². The van der Waals surface area contributed by atoms with Crippen LogP contribution < -0.4 is 16.2 Å². The van der Waals surface area contributed by atoms with E-state index in [1.807, 2.05) is 6.92 Å². The number of benzene rings is 2. The molecule has 4 aromatic rings. The van der Waals surface area contributed by atoms with Crippen LogP contribution in [-0.2, 0) is 6.54 Å². The lowest BCUT2D eigenvalue weighted by atomic mass is 10.0. The van der Waals surface area contributed by atoms with Gasteiger partial charge in [-0.15, -0.1) is 0 Å². The summed E-state index contributed by atoms with van der Waals surface area (Å²) in [6.45, 7) is 3.92. The standard InChI is InChI=1S/C30H28F3N7O2/c1-2-39-11-9-25(24(33)17-39)37-28-15-36-26-8-6-19(13-27(26)38-28)4-3-10-35-29(41)21-14-34-18-40(30(21)42)16-20-5-7-22(31)23(32)12-20/h5-8,12-15,18,24-25H,2,9-11,16-17H2,1H3,(H,35,41)(H,37,38)/t24-,25+/m1/s1. The summed E-state index contributed by atoms with van der Waals surface area (Å²) in [4.78, 5) is 40.4. The number of rotatable bonds is 7. The molecule has 0 saturated carbocycles. The maximum atomic E-state index is 14.6. The molecule has 2 N–H and O–H groups in total. The second-order valence-electron chi connectivity index (χ2n) is 9.88. The Morgan fingerprint density at radius 3 is 2.76 bits per heavy atom. The minimum absolute atomic E-state index is 0.0456. The van der Waals surface area contributed by atoms with E-state index < -0.39 is 29.3 Å². The van der Waals surface area contributed by atoms with E-state index in [1.165, 1.54) is 12.4 Å². The van der Waals surface area contributed by atoms with Crippen molar-refractivity contribution in [2.45, 2.75) is 32.1 Å². The highest BCUT2D eigenvalue weighted by atomic mass is 19.2. The lowest BCUT2D eigenvalue weighted by Crippen LogP contribution is -2.47. The molecule has 2 aromatic carbocycles. The van der Waals surface area contributed by atoms with E-state index in [0.29, 0.717) is 40.9 Å². The molecule has 3 heterocycles. The van der Waals surface area contributed by atoms with Crippen molar-refractivity contribution in [3.05, 3.63) is 93.8 Å². The van der Waals surface area contributed by atoms with Gasteiger partial charge in [-0.25, -0.2) is 23.1 Å². The van der Waals surface area contributed by atoms with Gasteiger partial charge in [-0.2, -0.15) is 0 Å². The summed E-state index contributed by atoms with van der Waals surface area (Å²) in [7, 11) is 0. The smallest absolute Gasteiger partial charge is 0.266 e. The van der Waals surface area contributed by atoms with Gasteiger partial charge in [0.05, 0.1) is 42.7 Å². The van der Waals surface area contributed by atoms with E-state index in [4.69, 9.17) is 0 Å². The molecule has 1 amide bonds. The van der Waals surface area contributed by atoms with Crippen LogP contribution in [0.5, 0.6) is 0 Å². The minimum atomic E-state index is -1.03. The number of hydrogen-bond acceptors (Lipinski definition) is 7. The molecule has 1 fully saturated rings. The second-order valence-corrected chi connectivity index (χ2v) is 9.88. The van der Waals surface area contributed by atoms with Crippen LogP contribution in [0.3, 0.4) is 0 Å². The molecule has 1 saturated heterocycles. The van der Waals surface area contributed by atoms with Crippen LogP contribution in [-0.4, -0.2) is 68.7 Å². The van der Waals surface area contributed by atoms with Gasteiger partial charge in [-0.3, -0.25) is 19.1 Å². The first-order valence-electron chi connectivity index (χ1n) is 13.5. The van der Waals surface area contributed by atoms with Gasteiger partial charge in [0.1, 0.15) is 17.6 Å². The van der Waals surface area contributed by atoms with E-state index in [9.17, 15) is 22.8 Å². The number of alkyl halides is 1. The van der Waals surface area contributed by atoms with Crippen molar-refractivity contribution in [2.24, 2.45) is 0 Å². The Kier molecular flexibility index (Phi) is 8.78. The number of halogens is 3. The van der Waals surface area contributed by atoms with E-state index >= 15 is 0 Å².